The minimum Gasteiger partial charge on any atom is -0.465 e. The quantitative estimate of drug-likeness (QED) is 0.479. The number of aliphatic hydroxyl groups is 1. The van der Waals surface area contributed by atoms with Crippen LogP contribution in [-0.2, 0) is 17.9 Å². The number of aryl methyl sites for hydroxylation is 4. The number of benzene rings is 1. The molecule has 0 bridgehead atoms. The molecule has 6 nitrogen and oxygen atoms in total. The molecule has 1 aliphatic heterocycles. The van der Waals surface area contributed by atoms with Crippen LogP contribution in [0.3, 0.4) is 0 Å². The predicted molar refractivity (Wildman–Crippen MR) is 136 cm³/mol. The number of aromatic nitrogens is 2. The first kappa shape index (κ1) is 25.0. The maximum atomic E-state index is 12.1. The minimum atomic E-state index is -0.404. The lowest BCUT2D eigenvalue weighted by Gasteiger charge is -2.43. The van der Waals surface area contributed by atoms with Gasteiger partial charge < -0.3 is 9.84 Å². The van der Waals surface area contributed by atoms with Crippen molar-refractivity contribution in [2.45, 2.75) is 72.2 Å². The number of hydrogen-bond acceptors (Lipinski definition) is 6. The fourth-order valence-electron chi connectivity index (χ4n) is 5.38. The molecule has 2 aromatic heterocycles. The van der Waals surface area contributed by atoms with Crippen molar-refractivity contribution in [1.82, 2.24) is 14.9 Å². The smallest absolute Gasteiger partial charge is 0.337 e. The van der Waals surface area contributed by atoms with Crippen LogP contribution in [0, 0.1) is 27.7 Å². The Bertz CT molecular complexity index is 1160. The third-order valence-corrected chi connectivity index (χ3v) is 7.05. The van der Waals surface area contributed by atoms with Crippen molar-refractivity contribution in [3.63, 3.8) is 0 Å². The summed E-state index contributed by atoms with van der Waals surface area (Å²) in [6.45, 7) is 8.89. The minimum absolute atomic E-state index is 0.128. The summed E-state index contributed by atoms with van der Waals surface area (Å²) in [5.74, 6) is -0.404. The average molecular weight is 474 g/mol. The van der Waals surface area contributed by atoms with E-state index in [1.165, 1.54) is 18.2 Å². The normalized spacial score (nSPS) is 18.5. The van der Waals surface area contributed by atoms with Gasteiger partial charge in [0, 0.05) is 18.9 Å². The molecule has 6 heteroatoms. The Kier molecular flexibility index (Phi) is 7.63. The zero-order valence-electron chi connectivity index (χ0n) is 21.3. The zero-order valence-corrected chi connectivity index (χ0v) is 21.3. The summed E-state index contributed by atoms with van der Waals surface area (Å²) in [5, 5.41) is 10.1. The molecule has 4 rings (SSSR count). The molecule has 1 saturated heterocycles. The zero-order chi connectivity index (χ0) is 25.1. The number of rotatable bonds is 6. The number of nitrogens with zero attached hydrogens (tertiary/aromatic N) is 3. The molecule has 0 radical (unpaired) electrons. The first-order chi connectivity index (χ1) is 16.8. The topological polar surface area (TPSA) is 75.5 Å². The van der Waals surface area contributed by atoms with E-state index in [9.17, 15) is 9.90 Å². The van der Waals surface area contributed by atoms with Crippen molar-refractivity contribution in [2.75, 3.05) is 7.11 Å². The van der Waals surface area contributed by atoms with Gasteiger partial charge in [-0.25, -0.2) is 4.79 Å². The SMILES string of the molecule is COC(=O)c1ccc(CN2[C@@H](c3ncc(C)cc3C)CCC[C@H]2c2ncc(C)cc2C)c(CO)c1. The monoisotopic (exact) mass is 473 g/mol. The molecule has 184 valence electrons. The average Bonchev–Trinajstić information content (AvgIpc) is 2.84. The number of pyridine rings is 2. The Morgan fingerprint density at radius 1 is 0.943 bits per heavy atom. The summed E-state index contributed by atoms with van der Waals surface area (Å²) in [5.41, 5.74) is 9.06. The van der Waals surface area contributed by atoms with Gasteiger partial charge in [0.05, 0.1) is 42.8 Å². The van der Waals surface area contributed by atoms with Crippen LogP contribution in [0.4, 0.5) is 0 Å². The van der Waals surface area contributed by atoms with E-state index in [1.54, 1.807) is 12.1 Å². The van der Waals surface area contributed by atoms with Crippen molar-refractivity contribution >= 4 is 5.97 Å². The second kappa shape index (κ2) is 10.7. The van der Waals surface area contributed by atoms with Gasteiger partial charge in [0.15, 0.2) is 0 Å². The summed E-state index contributed by atoms with van der Waals surface area (Å²) >= 11 is 0. The third kappa shape index (κ3) is 5.29. The molecule has 1 N–H and O–H groups in total. The van der Waals surface area contributed by atoms with E-state index in [-0.39, 0.29) is 18.7 Å². The number of piperidine rings is 1. The van der Waals surface area contributed by atoms with Crippen LogP contribution < -0.4 is 0 Å². The highest BCUT2D eigenvalue weighted by Gasteiger charge is 2.35. The van der Waals surface area contributed by atoms with E-state index in [0.717, 1.165) is 52.9 Å². The van der Waals surface area contributed by atoms with Crippen molar-refractivity contribution in [1.29, 1.82) is 0 Å². The Hall–Kier alpha value is -3.09. The van der Waals surface area contributed by atoms with Crippen LogP contribution in [0.15, 0.2) is 42.7 Å². The number of ether oxygens (including phenoxy) is 1. The highest BCUT2D eigenvalue weighted by Crippen LogP contribution is 2.43. The van der Waals surface area contributed by atoms with Gasteiger partial charge in [0.2, 0.25) is 0 Å². The molecule has 1 aromatic carbocycles. The molecular formula is C29H35N3O3. The second-order valence-corrected chi connectivity index (χ2v) is 9.70. The van der Waals surface area contributed by atoms with Crippen molar-refractivity contribution < 1.29 is 14.6 Å². The van der Waals surface area contributed by atoms with E-state index >= 15 is 0 Å². The maximum Gasteiger partial charge on any atom is 0.337 e. The number of carbonyl (C=O) groups excluding carboxylic acids is 1. The first-order valence-corrected chi connectivity index (χ1v) is 12.2. The Balaban J connectivity index is 1.79. The van der Waals surface area contributed by atoms with Crippen LogP contribution in [-0.4, -0.2) is 33.1 Å². The van der Waals surface area contributed by atoms with Gasteiger partial charge in [-0.3, -0.25) is 14.9 Å². The Morgan fingerprint density at radius 3 is 2.00 bits per heavy atom. The number of likely N-dealkylation sites (tertiary alicyclic amines) is 1. The van der Waals surface area contributed by atoms with E-state index in [1.807, 2.05) is 18.5 Å². The van der Waals surface area contributed by atoms with Gasteiger partial charge >= 0.3 is 5.97 Å². The number of esters is 1. The largest absolute Gasteiger partial charge is 0.465 e. The summed E-state index contributed by atoms with van der Waals surface area (Å²) < 4.78 is 4.87. The molecule has 2 atom stereocenters. The van der Waals surface area contributed by atoms with Crippen LogP contribution in [0.1, 0.15) is 86.5 Å². The number of hydrogen-bond donors (Lipinski definition) is 1. The molecule has 1 fully saturated rings. The maximum absolute atomic E-state index is 12.1. The second-order valence-electron chi connectivity index (χ2n) is 9.70. The lowest BCUT2D eigenvalue weighted by Crippen LogP contribution is -2.37. The highest BCUT2D eigenvalue weighted by molar-refractivity contribution is 5.89. The van der Waals surface area contributed by atoms with E-state index < -0.39 is 5.97 Å². The molecule has 35 heavy (non-hydrogen) atoms. The van der Waals surface area contributed by atoms with E-state index in [4.69, 9.17) is 14.7 Å². The van der Waals surface area contributed by atoms with Gasteiger partial charge in [-0.2, -0.15) is 0 Å². The molecule has 0 amide bonds. The van der Waals surface area contributed by atoms with Crippen LogP contribution >= 0.6 is 0 Å². The summed E-state index contributed by atoms with van der Waals surface area (Å²) in [6.07, 6.45) is 7.00. The van der Waals surface area contributed by atoms with Crippen LogP contribution in [0.2, 0.25) is 0 Å². The molecular weight excluding hydrogens is 438 g/mol. The van der Waals surface area contributed by atoms with Gasteiger partial charge in [0.1, 0.15) is 0 Å². The van der Waals surface area contributed by atoms with Gasteiger partial charge in [-0.15, -0.1) is 0 Å². The van der Waals surface area contributed by atoms with Gasteiger partial charge in [-0.05, 0) is 92.5 Å². The molecule has 0 spiro atoms. The first-order valence-electron chi connectivity index (χ1n) is 12.2. The van der Waals surface area contributed by atoms with Crippen LogP contribution in [0.25, 0.3) is 0 Å². The van der Waals surface area contributed by atoms with Crippen LogP contribution in [0.5, 0.6) is 0 Å². The fourth-order valence-corrected chi connectivity index (χ4v) is 5.38. The highest BCUT2D eigenvalue weighted by atomic mass is 16.5. The summed E-state index contributed by atoms with van der Waals surface area (Å²) in [4.78, 5) is 24.3. The third-order valence-electron chi connectivity index (χ3n) is 7.05. The predicted octanol–water partition coefficient (Wildman–Crippen LogP) is 5.46. The number of methoxy groups -OCH3 is 1. The Labute approximate surface area is 208 Å². The fraction of sp³-hybridized carbons (Fsp3) is 0.414. The molecule has 3 heterocycles. The molecule has 3 aromatic rings. The number of carbonyl (C=O) groups is 1. The van der Waals surface area contributed by atoms with Crippen molar-refractivity contribution in [3.05, 3.63) is 93.1 Å². The van der Waals surface area contributed by atoms with Gasteiger partial charge in [-0.1, -0.05) is 18.2 Å². The Morgan fingerprint density at radius 2 is 1.51 bits per heavy atom. The summed E-state index contributed by atoms with van der Waals surface area (Å²) in [7, 11) is 1.37. The molecule has 0 unspecified atom stereocenters. The molecule has 0 saturated carbocycles. The lowest BCUT2D eigenvalue weighted by atomic mass is 9.87. The standard InChI is InChI=1S/C29H35N3O3/c1-18-11-20(3)27(30-14-18)25-7-6-8-26(28-21(4)12-19(2)15-31-28)32(25)16-23-10-9-22(29(34)35-5)13-24(23)17-33/h9-15,25-26,33H,6-8,16-17H2,1-5H3/t25-,26+. The van der Waals surface area contributed by atoms with E-state index in [0.29, 0.717) is 12.1 Å². The van der Waals surface area contributed by atoms with Gasteiger partial charge in [0.25, 0.3) is 0 Å². The lowest BCUT2D eigenvalue weighted by molar-refractivity contribution is 0.0599. The molecule has 0 aliphatic carbocycles. The summed E-state index contributed by atoms with van der Waals surface area (Å²) in [6, 6.07) is 10.1. The molecule has 1 aliphatic rings. The van der Waals surface area contributed by atoms with E-state index in [2.05, 4.69) is 44.7 Å². The van der Waals surface area contributed by atoms with Crippen molar-refractivity contribution in [2.24, 2.45) is 0 Å². The number of aliphatic hydroxyl groups excluding tert-OH is 1. The van der Waals surface area contributed by atoms with Crippen molar-refractivity contribution in [3.8, 4) is 0 Å².